The van der Waals surface area contributed by atoms with Crippen molar-refractivity contribution in [3.63, 3.8) is 0 Å². The van der Waals surface area contributed by atoms with Gasteiger partial charge in [0.15, 0.2) is 0 Å². The van der Waals surface area contributed by atoms with Gasteiger partial charge in [-0.25, -0.2) is 8.78 Å². The number of hydrogen-bond donors (Lipinski definition) is 2. The molecule has 0 bridgehead atoms. The van der Waals surface area contributed by atoms with Gasteiger partial charge in [0, 0.05) is 40.3 Å². The van der Waals surface area contributed by atoms with E-state index in [4.69, 9.17) is 0 Å². The summed E-state index contributed by atoms with van der Waals surface area (Å²) in [5, 5.41) is 15.6. The van der Waals surface area contributed by atoms with E-state index in [1.54, 1.807) is 12.1 Å². The minimum absolute atomic E-state index is 0.00709. The van der Waals surface area contributed by atoms with Crippen LogP contribution in [0.25, 0.3) is 21.8 Å². The molecule has 1 aliphatic heterocycles. The molecule has 27 heavy (non-hydrogen) atoms. The van der Waals surface area contributed by atoms with Crippen LogP contribution in [0.2, 0.25) is 0 Å². The van der Waals surface area contributed by atoms with Crippen LogP contribution < -0.4 is 5.32 Å². The Bertz CT molecular complexity index is 930. The van der Waals surface area contributed by atoms with Gasteiger partial charge in [0.05, 0.1) is 6.10 Å². The number of aliphatic hydroxyl groups excluding tert-OH is 1. The fourth-order valence-electron chi connectivity index (χ4n) is 4.71. The molecule has 2 N–H and O–H groups in total. The Kier molecular flexibility index (Phi) is 4.47. The molecular formula is C22H26F2N2O. The summed E-state index contributed by atoms with van der Waals surface area (Å²) < 4.78 is 30.1. The average molecular weight is 372 g/mol. The van der Waals surface area contributed by atoms with Crippen molar-refractivity contribution in [2.24, 2.45) is 11.3 Å². The monoisotopic (exact) mass is 372 g/mol. The van der Waals surface area contributed by atoms with Gasteiger partial charge in [-0.3, -0.25) is 0 Å². The number of piperidine rings is 1. The minimum Gasteiger partial charge on any atom is -0.393 e. The first-order valence-corrected chi connectivity index (χ1v) is 9.55. The molecule has 4 rings (SSSR count). The molecule has 3 atom stereocenters. The number of aliphatic hydroxyl groups is 1. The predicted molar refractivity (Wildman–Crippen MR) is 105 cm³/mol. The number of hydrogen-bond acceptors (Lipinski definition) is 2. The fraction of sp³-hybridized carbons (Fsp3) is 0.455. The van der Waals surface area contributed by atoms with E-state index in [9.17, 15) is 13.9 Å². The molecule has 0 spiro atoms. The lowest BCUT2D eigenvalue weighted by Gasteiger charge is -2.43. The van der Waals surface area contributed by atoms with E-state index < -0.39 is 6.10 Å². The molecule has 2 heterocycles. The van der Waals surface area contributed by atoms with Crippen LogP contribution in [0.5, 0.6) is 0 Å². The van der Waals surface area contributed by atoms with Crippen molar-refractivity contribution in [1.29, 1.82) is 0 Å². The molecule has 0 amide bonds. The van der Waals surface area contributed by atoms with Gasteiger partial charge >= 0.3 is 0 Å². The second-order valence-corrected chi connectivity index (χ2v) is 8.73. The van der Waals surface area contributed by atoms with Gasteiger partial charge < -0.3 is 15.0 Å². The van der Waals surface area contributed by atoms with Crippen molar-refractivity contribution in [2.45, 2.75) is 39.3 Å². The number of nitrogens with zero attached hydrogens (tertiary/aromatic N) is 1. The summed E-state index contributed by atoms with van der Waals surface area (Å²) in [6.45, 7) is 7.99. The number of benzene rings is 2. The van der Waals surface area contributed by atoms with Crippen LogP contribution in [-0.4, -0.2) is 28.9 Å². The maximum Gasteiger partial charge on any atom is 0.123 e. The lowest BCUT2D eigenvalue weighted by Crippen LogP contribution is -2.47. The van der Waals surface area contributed by atoms with Gasteiger partial charge in [0.2, 0.25) is 0 Å². The molecule has 0 saturated carbocycles. The first-order chi connectivity index (χ1) is 12.8. The molecule has 2 aromatic carbocycles. The van der Waals surface area contributed by atoms with E-state index in [-0.39, 0.29) is 29.0 Å². The normalized spacial score (nSPS) is 22.4. The maximum absolute atomic E-state index is 14.0. The molecule has 3 nitrogen and oxygen atoms in total. The number of halogens is 2. The Morgan fingerprint density at radius 1 is 1.04 bits per heavy atom. The zero-order valence-electron chi connectivity index (χ0n) is 16.0. The van der Waals surface area contributed by atoms with Crippen LogP contribution in [0.4, 0.5) is 8.78 Å². The number of rotatable bonds is 2. The molecule has 1 saturated heterocycles. The Balaban J connectivity index is 2.04. The molecular weight excluding hydrogens is 346 g/mol. The highest BCUT2D eigenvalue weighted by Crippen LogP contribution is 2.44. The Labute approximate surface area is 158 Å². The molecule has 1 aromatic heterocycles. The average Bonchev–Trinajstić information content (AvgIpc) is 2.89. The highest BCUT2D eigenvalue weighted by atomic mass is 19.1. The topological polar surface area (TPSA) is 37.2 Å². The first-order valence-electron chi connectivity index (χ1n) is 9.55. The van der Waals surface area contributed by atoms with E-state index in [0.29, 0.717) is 23.7 Å². The summed E-state index contributed by atoms with van der Waals surface area (Å²) in [5.74, 6) is -0.664. The van der Waals surface area contributed by atoms with Crippen LogP contribution in [0, 0.1) is 23.0 Å². The summed E-state index contributed by atoms with van der Waals surface area (Å²) in [7, 11) is 0. The van der Waals surface area contributed by atoms with Crippen molar-refractivity contribution in [3.05, 3.63) is 48.0 Å². The largest absolute Gasteiger partial charge is 0.393 e. The van der Waals surface area contributed by atoms with Crippen LogP contribution in [0.1, 0.15) is 33.2 Å². The van der Waals surface area contributed by atoms with Crippen molar-refractivity contribution in [3.8, 4) is 0 Å². The lowest BCUT2D eigenvalue weighted by atomic mass is 9.74. The van der Waals surface area contributed by atoms with Crippen molar-refractivity contribution in [1.82, 2.24) is 9.88 Å². The van der Waals surface area contributed by atoms with E-state index >= 15 is 0 Å². The lowest BCUT2D eigenvalue weighted by molar-refractivity contribution is 0.0184. The highest BCUT2D eigenvalue weighted by molar-refractivity contribution is 6.08. The van der Waals surface area contributed by atoms with Crippen LogP contribution >= 0.6 is 0 Å². The van der Waals surface area contributed by atoms with Gasteiger partial charge in [-0.1, -0.05) is 20.8 Å². The SMILES string of the molecule is CC(C)(C)C([C@H]1CNCC[C@H]1O)n1c2ccc(F)cc2c2cc(F)ccc21. The fourth-order valence-corrected chi connectivity index (χ4v) is 4.71. The van der Waals surface area contributed by atoms with E-state index in [1.807, 2.05) is 0 Å². The van der Waals surface area contributed by atoms with Gasteiger partial charge in [-0.2, -0.15) is 0 Å². The number of aromatic nitrogens is 1. The third-order valence-corrected chi connectivity index (χ3v) is 5.79. The minimum atomic E-state index is -0.413. The van der Waals surface area contributed by atoms with Crippen molar-refractivity contribution < 1.29 is 13.9 Å². The molecule has 0 radical (unpaired) electrons. The Hall–Kier alpha value is -1.98. The molecule has 1 aliphatic rings. The zero-order valence-corrected chi connectivity index (χ0v) is 16.0. The van der Waals surface area contributed by atoms with Gasteiger partial charge in [-0.05, 0) is 54.8 Å². The Morgan fingerprint density at radius 3 is 2.07 bits per heavy atom. The van der Waals surface area contributed by atoms with E-state index in [0.717, 1.165) is 17.6 Å². The standard InChI is InChI=1S/C22H26F2N2O/c1-22(2,3)21(17-12-25-9-8-20(17)27)26-18-6-4-13(23)10-15(18)16-11-14(24)5-7-19(16)26/h4-7,10-11,17,20-21,25,27H,8-9,12H2,1-3H3/t17-,20+,21?/m0/s1. The van der Waals surface area contributed by atoms with E-state index in [2.05, 4.69) is 30.7 Å². The summed E-state index contributed by atoms with van der Waals surface area (Å²) in [4.78, 5) is 0. The molecule has 1 fully saturated rings. The third kappa shape index (κ3) is 3.13. The van der Waals surface area contributed by atoms with Crippen LogP contribution in [0.3, 0.4) is 0 Å². The zero-order chi connectivity index (χ0) is 19.3. The van der Waals surface area contributed by atoms with Gasteiger partial charge in [0.1, 0.15) is 11.6 Å². The third-order valence-electron chi connectivity index (χ3n) is 5.79. The van der Waals surface area contributed by atoms with E-state index in [1.165, 1.54) is 24.3 Å². The predicted octanol–water partition coefficient (Wildman–Crippen LogP) is 4.63. The quantitative estimate of drug-likeness (QED) is 0.688. The first kappa shape index (κ1) is 18.4. The van der Waals surface area contributed by atoms with Crippen molar-refractivity contribution in [2.75, 3.05) is 13.1 Å². The smallest absolute Gasteiger partial charge is 0.123 e. The molecule has 1 unspecified atom stereocenters. The highest BCUT2D eigenvalue weighted by Gasteiger charge is 2.40. The van der Waals surface area contributed by atoms with Gasteiger partial charge in [-0.15, -0.1) is 0 Å². The molecule has 144 valence electrons. The number of nitrogens with one attached hydrogen (secondary N) is 1. The second-order valence-electron chi connectivity index (χ2n) is 8.73. The summed E-state index contributed by atoms with van der Waals surface area (Å²) in [6, 6.07) is 9.35. The second kappa shape index (κ2) is 6.57. The van der Waals surface area contributed by atoms with Crippen LogP contribution in [-0.2, 0) is 0 Å². The summed E-state index contributed by atoms with van der Waals surface area (Å²) >= 11 is 0. The molecule has 5 heteroatoms. The number of fused-ring (bicyclic) bond motifs is 3. The maximum atomic E-state index is 14.0. The van der Waals surface area contributed by atoms with Gasteiger partial charge in [0.25, 0.3) is 0 Å². The van der Waals surface area contributed by atoms with Crippen molar-refractivity contribution >= 4 is 21.8 Å². The molecule has 0 aliphatic carbocycles. The summed E-state index contributed by atoms with van der Waals surface area (Å²) in [6.07, 6.45) is 0.293. The summed E-state index contributed by atoms with van der Waals surface area (Å²) in [5.41, 5.74) is 1.58. The molecule has 3 aromatic rings. The Morgan fingerprint density at radius 2 is 1.59 bits per heavy atom. The van der Waals surface area contributed by atoms with Crippen LogP contribution in [0.15, 0.2) is 36.4 Å².